The van der Waals surface area contributed by atoms with Crippen molar-refractivity contribution >= 4 is 17.1 Å². The first-order valence-electron chi connectivity index (χ1n) is 26.4. The van der Waals surface area contributed by atoms with Gasteiger partial charge >= 0.3 is 0 Å². The van der Waals surface area contributed by atoms with Gasteiger partial charge in [0.25, 0.3) is 0 Å². The molecule has 12 heteroatoms. The summed E-state index contributed by atoms with van der Waals surface area (Å²) in [5.41, 5.74) is 26.9. The molecule has 0 radical (unpaired) electrons. The van der Waals surface area contributed by atoms with Gasteiger partial charge in [0, 0.05) is 135 Å². The predicted molar refractivity (Wildman–Crippen MR) is 282 cm³/mol. The molecule has 0 atom stereocenters. The lowest BCUT2D eigenvalue weighted by Crippen LogP contribution is -2.25. The number of benzene rings is 2. The molecule has 366 valence electrons. The normalized spacial score (nSPS) is 18.8. The van der Waals surface area contributed by atoms with Gasteiger partial charge in [-0.25, -0.2) is 0 Å². The highest BCUT2D eigenvalue weighted by atomic mass is 15.2. The molecular formula is C57H78N12. The van der Waals surface area contributed by atoms with E-state index in [2.05, 4.69) is 125 Å². The van der Waals surface area contributed by atoms with Gasteiger partial charge in [0.1, 0.15) is 0 Å². The maximum absolute atomic E-state index is 5.33. The summed E-state index contributed by atoms with van der Waals surface area (Å²) in [6.45, 7) is 29.5. The standard InChI is InChI=1S/C57H78N12/c1-37-52-31-58-25-43-19-49(67-13-7-8-14-67)22-46(64-43)28-61-34-55-40(4)56-35-62-29-47-23-50(68-15-9-10-16-68)20-44(65-47)26-59-32-53(37)39(3)54(38(52)2)33-60-27-45-21-51(69-17-11-12-18-69)24-48(66-45)30-63-36-57(41(55)5)42(56)6/h19-24,58-63H,7-18,25-36H2,1-6H3. The summed E-state index contributed by atoms with van der Waals surface area (Å²) in [5, 5.41) is 23.5. The Hall–Kier alpha value is -4.95. The third-order valence-electron chi connectivity index (χ3n) is 16.2. The van der Waals surface area contributed by atoms with E-state index in [4.69, 9.17) is 15.0 Å². The minimum absolute atomic E-state index is 0.703. The van der Waals surface area contributed by atoms with Crippen molar-refractivity contribution in [1.82, 2.24) is 46.9 Å². The van der Waals surface area contributed by atoms with E-state index in [-0.39, 0.29) is 0 Å². The van der Waals surface area contributed by atoms with Crippen LogP contribution in [0, 0.1) is 41.5 Å². The monoisotopic (exact) mass is 931 g/mol. The van der Waals surface area contributed by atoms with Gasteiger partial charge in [-0.15, -0.1) is 0 Å². The second kappa shape index (κ2) is 21.6. The Morgan fingerprint density at radius 1 is 0.275 bits per heavy atom. The molecule has 3 saturated heterocycles. The second-order valence-electron chi connectivity index (χ2n) is 20.7. The van der Waals surface area contributed by atoms with Gasteiger partial charge in [-0.2, -0.15) is 0 Å². The van der Waals surface area contributed by atoms with Crippen LogP contribution in [0.2, 0.25) is 0 Å². The molecular weight excluding hydrogens is 853 g/mol. The number of rotatable bonds is 3. The third kappa shape index (κ3) is 10.7. The zero-order valence-corrected chi connectivity index (χ0v) is 42.6. The Bertz CT molecular complexity index is 2170. The molecule has 0 aliphatic carbocycles. The van der Waals surface area contributed by atoms with Gasteiger partial charge in [-0.3, -0.25) is 15.0 Å². The van der Waals surface area contributed by atoms with Crippen LogP contribution >= 0.6 is 0 Å². The number of hydrogen-bond acceptors (Lipinski definition) is 12. The lowest BCUT2D eigenvalue weighted by Gasteiger charge is -2.25. The van der Waals surface area contributed by atoms with Crippen molar-refractivity contribution in [2.45, 2.75) is 159 Å². The van der Waals surface area contributed by atoms with Crippen LogP contribution in [0.3, 0.4) is 0 Å². The highest BCUT2D eigenvalue weighted by Gasteiger charge is 2.23. The molecule has 0 unspecified atom stereocenters. The molecule has 0 spiro atoms. The van der Waals surface area contributed by atoms with E-state index in [0.717, 1.165) is 113 Å². The molecule has 0 saturated carbocycles. The molecule has 9 heterocycles. The van der Waals surface area contributed by atoms with E-state index < -0.39 is 0 Å². The number of aromatic nitrogens is 3. The summed E-state index contributed by atoms with van der Waals surface area (Å²) in [6.07, 6.45) is 7.47. The van der Waals surface area contributed by atoms with E-state index in [1.807, 2.05) is 0 Å². The fourth-order valence-electron chi connectivity index (χ4n) is 12.2. The fourth-order valence-corrected chi connectivity index (χ4v) is 12.2. The van der Waals surface area contributed by atoms with Crippen LogP contribution in [0.1, 0.15) is 139 Å². The molecule has 12 bridgehead atoms. The average molecular weight is 931 g/mol. The van der Waals surface area contributed by atoms with Crippen LogP contribution in [0.25, 0.3) is 0 Å². The van der Waals surface area contributed by atoms with E-state index in [1.165, 1.54) is 122 Å². The summed E-state index contributed by atoms with van der Waals surface area (Å²) in [7, 11) is 0. The van der Waals surface area contributed by atoms with Crippen LogP contribution < -0.4 is 46.6 Å². The fraction of sp³-hybridized carbons (Fsp3) is 0.526. The maximum atomic E-state index is 5.33. The van der Waals surface area contributed by atoms with Crippen molar-refractivity contribution in [3.05, 3.63) is 137 Å². The topological polar surface area (TPSA) is 121 Å². The smallest absolute Gasteiger partial charge is 0.0566 e. The van der Waals surface area contributed by atoms with Crippen LogP contribution in [0.4, 0.5) is 17.1 Å². The lowest BCUT2D eigenvalue weighted by atomic mass is 9.87. The van der Waals surface area contributed by atoms with Crippen molar-refractivity contribution in [1.29, 1.82) is 0 Å². The molecule has 6 aliphatic heterocycles. The van der Waals surface area contributed by atoms with E-state index in [1.54, 1.807) is 0 Å². The van der Waals surface area contributed by atoms with Gasteiger partial charge in [0.15, 0.2) is 0 Å². The molecule has 5 aromatic rings. The minimum Gasteiger partial charge on any atom is -0.371 e. The highest BCUT2D eigenvalue weighted by Crippen LogP contribution is 2.32. The van der Waals surface area contributed by atoms with Crippen LogP contribution in [0.15, 0.2) is 36.4 Å². The van der Waals surface area contributed by atoms with Gasteiger partial charge in [0.05, 0.1) is 34.2 Å². The summed E-state index contributed by atoms with van der Waals surface area (Å²) in [4.78, 5) is 23.6. The Kier molecular flexibility index (Phi) is 14.9. The van der Waals surface area contributed by atoms with Gasteiger partial charge in [-0.1, -0.05) is 0 Å². The molecule has 11 rings (SSSR count). The van der Waals surface area contributed by atoms with Crippen molar-refractivity contribution in [3.8, 4) is 0 Å². The summed E-state index contributed by atoms with van der Waals surface area (Å²) < 4.78 is 0. The third-order valence-corrected chi connectivity index (χ3v) is 16.2. The number of nitrogens with zero attached hydrogens (tertiary/aromatic N) is 6. The summed E-state index contributed by atoms with van der Waals surface area (Å²) >= 11 is 0. The lowest BCUT2D eigenvalue weighted by molar-refractivity contribution is 0.624. The second-order valence-corrected chi connectivity index (χ2v) is 20.7. The summed E-state index contributed by atoms with van der Waals surface area (Å²) in [5.74, 6) is 0. The first-order valence-corrected chi connectivity index (χ1v) is 26.4. The van der Waals surface area contributed by atoms with Crippen LogP contribution in [0.5, 0.6) is 0 Å². The van der Waals surface area contributed by atoms with E-state index in [9.17, 15) is 0 Å². The molecule has 2 aromatic carbocycles. The molecule has 3 fully saturated rings. The predicted octanol–water partition coefficient (Wildman–Crippen LogP) is 7.89. The zero-order chi connectivity index (χ0) is 47.4. The Balaban J connectivity index is 1.08. The summed E-state index contributed by atoms with van der Waals surface area (Å²) in [6, 6.07) is 14.0. The largest absolute Gasteiger partial charge is 0.371 e. The zero-order valence-electron chi connectivity index (χ0n) is 42.6. The molecule has 0 amide bonds. The quantitative estimate of drug-likeness (QED) is 0.106. The van der Waals surface area contributed by atoms with Crippen molar-refractivity contribution in [2.24, 2.45) is 0 Å². The SMILES string of the molecule is Cc1c2c(C)c3c(C)c1CNCc1cc(N4CCCC4)cc(n1)CNCc1c(C)c(c(C)c(c1C)CNCc1cc(N4CCCC4)cc(n1)CNC3)CNCc1cc(N3CCCC3)cc(n1)CNC2. The number of nitrogens with one attached hydrogen (secondary N) is 6. The number of pyridine rings is 3. The highest BCUT2D eigenvalue weighted by molar-refractivity contribution is 5.54. The van der Waals surface area contributed by atoms with Gasteiger partial charge < -0.3 is 46.6 Å². The van der Waals surface area contributed by atoms with Crippen LogP contribution in [-0.2, 0) is 78.5 Å². The Morgan fingerprint density at radius 3 is 0.623 bits per heavy atom. The first-order chi connectivity index (χ1) is 33.7. The minimum atomic E-state index is 0.703. The van der Waals surface area contributed by atoms with Crippen molar-refractivity contribution in [2.75, 3.05) is 54.0 Å². The number of fused-ring (bicyclic) bond motifs is 12. The molecule has 3 aromatic heterocycles. The van der Waals surface area contributed by atoms with Crippen molar-refractivity contribution < 1.29 is 0 Å². The van der Waals surface area contributed by atoms with Gasteiger partial charge in [-0.05, 0) is 183 Å². The van der Waals surface area contributed by atoms with Crippen molar-refractivity contribution in [3.63, 3.8) is 0 Å². The maximum Gasteiger partial charge on any atom is 0.0566 e. The molecule has 69 heavy (non-hydrogen) atoms. The molecule has 6 N–H and O–H groups in total. The Labute approximate surface area is 412 Å². The van der Waals surface area contributed by atoms with Crippen LogP contribution in [-0.4, -0.2) is 54.2 Å². The van der Waals surface area contributed by atoms with E-state index in [0.29, 0.717) is 39.3 Å². The average Bonchev–Trinajstić information content (AvgIpc) is 4.19. The first kappa shape index (κ1) is 47.7. The number of anilines is 3. The molecule has 12 nitrogen and oxygen atoms in total. The number of hydrogen-bond donors (Lipinski definition) is 6. The molecule has 6 aliphatic rings. The van der Waals surface area contributed by atoms with Gasteiger partial charge in [0.2, 0.25) is 0 Å². The Morgan fingerprint density at radius 2 is 0.449 bits per heavy atom. The van der Waals surface area contributed by atoms with E-state index >= 15 is 0 Å².